The number of benzene rings is 1. The Bertz CT molecular complexity index is 553. The van der Waals surface area contributed by atoms with E-state index >= 15 is 0 Å². The van der Waals surface area contributed by atoms with Crippen LogP contribution in [0.1, 0.15) is 12.8 Å². The molecule has 0 radical (unpaired) electrons. The van der Waals surface area contributed by atoms with Crippen LogP contribution in [-0.4, -0.2) is 31.1 Å². The lowest BCUT2D eigenvalue weighted by Crippen LogP contribution is -2.37. The predicted molar refractivity (Wildman–Crippen MR) is 81.7 cm³/mol. The van der Waals surface area contributed by atoms with Gasteiger partial charge in [0.2, 0.25) is 10.0 Å². The summed E-state index contributed by atoms with van der Waals surface area (Å²) in [6.45, 7) is 0.522. The third kappa shape index (κ3) is 3.64. The maximum Gasteiger partial charge on any atom is 0.242 e. The molecule has 1 saturated carbocycles. The van der Waals surface area contributed by atoms with E-state index in [1.807, 2.05) is 0 Å². The molecule has 0 atom stereocenters. The molecule has 0 aromatic heterocycles. The Balaban J connectivity index is 2.16. The fraction of sp³-hybridized carbons (Fsp3) is 0.500. The van der Waals surface area contributed by atoms with Gasteiger partial charge >= 0.3 is 0 Å². The highest BCUT2D eigenvalue weighted by atomic mass is 79.9. The highest BCUT2D eigenvalue weighted by molar-refractivity contribution is 9.09. The molecule has 1 aromatic rings. The first kappa shape index (κ1) is 15.6. The Hall–Kier alpha value is 0.190. The molecule has 3 nitrogen and oxygen atoms in total. The van der Waals surface area contributed by atoms with Crippen molar-refractivity contribution in [1.29, 1.82) is 0 Å². The van der Waals surface area contributed by atoms with Crippen LogP contribution in [0.15, 0.2) is 23.1 Å². The highest BCUT2D eigenvalue weighted by Crippen LogP contribution is 2.34. The van der Waals surface area contributed by atoms with Gasteiger partial charge in [-0.25, -0.2) is 12.7 Å². The summed E-state index contributed by atoms with van der Waals surface area (Å²) >= 11 is 15.2. The van der Waals surface area contributed by atoms with Crippen molar-refractivity contribution in [3.05, 3.63) is 28.2 Å². The molecule has 1 aliphatic rings. The minimum Gasteiger partial charge on any atom is -0.207 e. The molecule has 1 fully saturated rings. The lowest BCUT2D eigenvalue weighted by molar-refractivity contribution is 0.275. The predicted octanol–water partition coefficient (Wildman–Crippen LogP) is 3.79. The summed E-state index contributed by atoms with van der Waals surface area (Å²) in [6.07, 6.45) is 2.02. The second-order valence-corrected chi connectivity index (χ2v) is 9.04. The van der Waals surface area contributed by atoms with Gasteiger partial charge in [0.05, 0.1) is 4.90 Å². The fourth-order valence-corrected chi connectivity index (χ4v) is 5.15. The van der Waals surface area contributed by atoms with Gasteiger partial charge in [-0.15, -0.1) is 0 Å². The SMILES string of the molecule is CN(CC1CC(Br)C1)S(=O)(=O)c1cc(Cl)cc(Cl)c1. The van der Waals surface area contributed by atoms with Crippen LogP contribution in [0.4, 0.5) is 0 Å². The van der Waals surface area contributed by atoms with E-state index in [1.54, 1.807) is 7.05 Å². The Labute approximate surface area is 132 Å². The van der Waals surface area contributed by atoms with Crippen molar-refractivity contribution >= 4 is 49.2 Å². The van der Waals surface area contributed by atoms with Gasteiger partial charge in [0.15, 0.2) is 0 Å². The van der Waals surface area contributed by atoms with E-state index in [4.69, 9.17) is 23.2 Å². The number of alkyl halides is 1. The summed E-state index contributed by atoms with van der Waals surface area (Å²) in [5.74, 6) is 0.416. The van der Waals surface area contributed by atoms with Gasteiger partial charge in [0.1, 0.15) is 0 Å². The minimum absolute atomic E-state index is 0.141. The van der Waals surface area contributed by atoms with Gasteiger partial charge in [0, 0.05) is 28.5 Å². The zero-order chi connectivity index (χ0) is 14.2. The summed E-state index contributed by atoms with van der Waals surface area (Å²) in [5.41, 5.74) is 0. The first-order chi connectivity index (χ1) is 8.79. The Morgan fingerprint density at radius 3 is 2.26 bits per heavy atom. The highest BCUT2D eigenvalue weighted by Gasteiger charge is 2.31. The lowest BCUT2D eigenvalue weighted by Gasteiger charge is -2.34. The summed E-state index contributed by atoms with van der Waals surface area (Å²) in [4.78, 5) is 0.663. The maximum atomic E-state index is 12.4. The van der Waals surface area contributed by atoms with E-state index < -0.39 is 10.0 Å². The molecular formula is C12H14BrCl2NO2S. The van der Waals surface area contributed by atoms with Crippen LogP contribution in [-0.2, 0) is 10.0 Å². The summed E-state index contributed by atoms with van der Waals surface area (Å²) in [5, 5.41) is 0.646. The number of sulfonamides is 1. The van der Waals surface area contributed by atoms with Gasteiger partial charge in [-0.05, 0) is 37.0 Å². The molecule has 7 heteroatoms. The zero-order valence-electron chi connectivity index (χ0n) is 10.3. The topological polar surface area (TPSA) is 37.4 Å². The molecule has 1 aromatic carbocycles. The van der Waals surface area contributed by atoms with Crippen molar-refractivity contribution in [2.75, 3.05) is 13.6 Å². The quantitative estimate of drug-likeness (QED) is 0.738. The lowest BCUT2D eigenvalue weighted by atomic mass is 9.85. The first-order valence-corrected chi connectivity index (χ1v) is 8.96. The Kier molecular flexibility index (Phi) is 4.83. The van der Waals surface area contributed by atoms with Crippen molar-refractivity contribution < 1.29 is 8.42 Å². The third-order valence-electron chi connectivity index (χ3n) is 3.24. The van der Waals surface area contributed by atoms with Gasteiger partial charge in [-0.1, -0.05) is 39.1 Å². The van der Waals surface area contributed by atoms with E-state index in [2.05, 4.69) is 15.9 Å². The monoisotopic (exact) mass is 385 g/mol. The second-order valence-electron chi connectivity index (χ2n) is 4.83. The van der Waals surface area contributed by atoms with E-state index in [1.165, 1.54) is 22.5 Å². The van der Waals surface area contributed by atoms with E-state index in [9.17, 15) is 8.42 Å². The molecule has 0 heterocycles. The van der Waals surface area contributed by atoms with Crippen molar-refractivity contribution in [2.24, 2.45) is 5.92 Å². The average Bonchev–Trinajstić information content (AvgIpc) is 2.25. The second kappa shape index (κ2) is 5.90. The standard InChI is InChI=1S/C12H14BrCl2NO2S/c1-16(7-8-2-9(13)3-8)19(17,18)12-5-10(14)4-11(15)6-12/h4-6,8-9H,2-3,7H2,1H3. The Morgan fingerprint density at radius 1 is 1.26 bits per heavy atom. The molecule has 0 saturated heterocycles. The maximum absolute atomic E-state index is 12.4. The largest absolute Gasteiger partial charge is 0.242 e. The van der Waals surface area contributed by atoms with E-state index in [-0.39, 0.29) is 4.90 Å². The smallest absolute Gasteiger partial charge is 0.207 e. The molecule has 19 heavy (non-hydrogen) atoms. The molecule has 0 unspecified atom stereocenters. The molecule has 0 N–H and O–H groups in total. The van der Waals surface area contributed by atoms with Gasteiger partial charge < -0.3 is 0 Å². The van der Waals surface area contributed by atoms with Crippen LogP contribution in [0, 0.1) is 5.92 Å². The van der Waals surface area contributed by atoms with Crippen molar-refractivity contribution in [3.8, 4) is 0 Å². The minimum atomic E-state index is -3.52. The molecular weight excluding hydrogens is 373 g/mol. The number of rotatable bonds is 4. The first-order valence-electron chi connectivity index (χ1n) is 5.85. The molecule has 0 aliphatic heterocycles. The number of nitrogens with zero attached hydrogens (tertiary/aromatic N) is 1. The zero-order valence-corrected chi connectivity index (χ0v) is 14.2. The van der Waals surface area contributed by atoms with Crippen molar-refractivity contribution in [2.45, 2.75) is 22.6 Å². The molecule has 2 rings (SSSR count). The fourth-order valence-electron chi connectivity index (χ4n) is 2.12. The normalized spacial score (nSPS) is 23.4. The van der Waals surface area contributed by atoms with Crippen LogP contribution in [0.5, 0.6) is 0 Å². The number of hydrogen-bond acceptors (Lipinski definition) is 2. The summed E-state index contributed by atoms with van der Waals surface area (Å²) in [6, 6.07) is 4.37. The molecule has 0 bridgehead atoms. The summed E-state index contributed by atoms with van der Waals surface area (Å²) < 4.78 is 26.2. The summed E-state index contributed by atoms with van der Waals surface area (Å²) in [7, 11) is -1.93. The number of hydrogen-bond donors (Lipinski definition) is 0. The van der Waals surface area contributed by atoms with Crippen LogP contribution in [0.25, 0.3) is 0 Å². The van der Waals surface area contributed by atoms with E-state index in [0.29, 0.717) is 27.3 Å². The molecule has 106 valence electrons. The van der Waals surface area contributed by atoms with E-state index in [0.717, 1.165) is 12.8 Å². The van der Waals surface area contributed by atoms with Crippen LogP contribution >= 0.6 is 39.1 Å². The molecule has 1 aliphatic carbocycles. The Morgan fingerprint density at radius 2 is 1.79 bits per heavy atom. The molecule has 0 amide bonds. The average molecular weight is 387 g/mol. The van der Waals surface area contributed by atoms with Crippen molar-refractivity contribution in [3.63, 3.8) is 0 Å². The third-order valence-corrected chi connectivity index (χ3v) is 6.22. The van der Waals surface area contributed by atoms with Gasteiger partial charge in [-0.2, -0.15) is 0 Å². The van der Waals surface area contributed by atoms with Crippen LogP contribution < -0.4 is 0 Å². The van der Waals surface area contributed by atoms with Crippen LogP contribution in [0.3, 0.4) is 0 Å². The van der Waals surface area contributed by atoms with Crippen LogP contribution in [0.2, 0.25) is 10.0 Å². The number of halogens is 3. The van der Waals surface area contributed by atoms with Gasteiger partial charge in [-0.3, -0.25) is 0 Å². The van der Waals surface area contributed by atoms with Gasteiger partial charge in [0.25, 0.3) is 0 Å². The molecule has 0 spiro atoms. The van der Waals surface area contributed by atoms with Crippen molar-refractivity contribution in [1.82, 2.24) is 4.31 Å².